The maximum atomic E-state index is 9.47. The molecule has 1 unspecified atom stereocenters. The van der Waals surface area contributed by atoms with Crippen LogP contribution in [0.3, 0.4) is 0 Å². The normalized spacial score (nSPS) is 12.6. The maximum absolute atomic E-state index is 9.47. The van der Waals surface area contributed by atoms with E-state index in [1.165, 1.54) is 10.4 Å². The largest absolute Gasteiger partial charge is 0.396 e. The highest BCUT2D eigenvalue weighted by Crippen LogP contribution is 2.25. The van der Waals surface area contributed by atoms with Crippen LogP contribution in [-0.4, -0.2) is 11.7 Å². The zero-order valence-electron chi connectivity index (χ0n) is 9.77. The molecule has 96 valence electrons. The van der Waals surface area contributed by atoms with Gasteiger partial charge in [0.25, 0.3) is 0 Å². The molecule has 0 amide bonds. The molecule has 4 heteroatoms. The second kappa shape index (κ2) is 6.71. The van der Waals surface area contributed by atoms with E-state index in [4.69, 9.17) is 11.6 Å². The first-order valence-electron chi connectivity index (χ1n) is 5.77. The lowest BCUT2D eigenvalue weighted by molar-refractivity contribution is 0.225. The van der Waals surface area contributed by atoms with Crippen molar-refractivity contribution in [3.05, 3.63) is 55.6 Å². The Labute approximate surface area is 125 Å². The fourth-order valence-electron chi connectivity index (χ4n) is 1.90. The molecule has 0 aliphatic carbocycles. The van der Waals surface area contributed by atoms with Crippen molar-refractivity contribution in [1.82, 2.24) is 0 Å². The van der Waals surface area contributed by atoms with E-state index in [0.717, 1.165) is 21.7 Å². The van der Waals surface area contributed by atoms with Crippen molar-refractivity contribution in [1.29, 1.82) is 0 Å². The SMILES string of the molecule is OCC(Cc1ccc(Br)cc1)Cc1ccc(Cl)s1. The predicted molar refractivity (Wildman–Crippen MR) is 81.5 cm³/mol. The van der Waals surface area contributed by atoms with Crippen molar-refractivity contribution < 1.29 is 5.11 Å². The monoisotopic (exact) mass is 344 g/mol. The topological polar surface area (TPSA) is 20.2 Å². The van der Waals surface area contributed by atoms with Gasteiger partial charge in [-0.05, 0) is 48.6 Å². The van der Waals surface area contributed by atoms with Gasteiger partial charge in [-0.25, -0.2) is 0 Å². The van der Waals surface area contributed by atoms with Gasteiger partial charge in [-0.15, -0.1) is 11.3 Å². The highest BCUT2D eigenvalue weighted by atomic mass is 79.9. The Balaban J connectivity index is 1.99. The van der Waals surface area contributed by atoms with Gasteiger partial charge in [-0.3, -0.25) is 0 Å². The van der Waals surface area contributed by atoms with E-state index >= 15 is 0 Å². The molecular weight excluding hydrogens is 332 g/mol. The van der Waals surface area contributed by atoms with Gasteiger partial charge in [-0.1, -0.05) is 39.7 Å². The summed E-state index contributed by atoms with van der Waals surface area (Å²) in [6, 6.07) is 12.2. The summed E-state index contributed by atoms with van der Waals surface area (Å²) in [5.74, 6) is 0.251. The van der Waals surface area contributed by atoms with Crippen molar-refractivity contribution in [2.45, 2.75) is 12.8 Å². The highest BCUT2D eigenvalue weighted by Gasteiger charge is 2.11. The predicted octanol–water partition coefficient (Wildman–Crippen LogP) is 4.56. The Morgan fingerprint density at radius 1 is 1.11 bits per heavy atom. The molecule has 2 rings (SSSR count). The van der Waals surface area contributed by atoms with E-state index in [9.17, 15) is 5.11 Å². The Kier molecular flexibility index (Phi) is 5.25. The molecule has 1 aromatic heterocycles. The Hall–Kier alpha value is -0.350. The molecule has 1 atom stereocenters. The molecule has 2 aromatic rings. The second-order valence-electron chi connectivity index (χ2n) is 4.29. The number of benzene rings is 1. The van der Waals surface area contributed by atoms with Crippen LogP contribution in [0, 0.1) is 5.92 Å². The summed E-state index contributed by atoms with van der Waals surface area (Å²) in [6.07, 6.45) is 1.77. The lowest BCUT2D eigenvalue weighted by Crippen LogP contribution is -2.12. The third kappa shape index (κ3) is 4.09. The number of hydrogen-bond donors (Lipinski definition) is 1. The van der Waals surface area contributed by atoms with Crippen LogP contribution in [0.1, 0.15) is 10.4 Å². The number of thiophene rings is 1. The van der Waals surface area contributed by atoms with Crippen molar-refractivity contribution in [3.63, 3.8) is 0 Å². The summed E-state index contributed by atoms with van der Waals surface area (Å²) in [6.45, 7) is 0.200. The molecule has 0 saturated heterocycles. The molecule has 0 aliphatic rings. The van der Waals surface area contributed by atoms with Crippen molar-refractivity contribution in [2.75, 3.05) is 6.61 Å². The second-order valence-corrected chi connectivity index (χ2v) is 7.00. The average molecular weight is 346 g/mol. The first-order valence-corrected chi connectivity index (χ1v) is 7.75. The number of rotatable bonds is 5. The van der Waals surface area contributed by atoms with E-state index in [1.54, 1.807) is 11.3 Å². The van der Waals surface area contributed by atoms with Crippen molar-refractivity contribution in [3.8, 4) is 0 Å². The van der Waals surface area contributed by atoms with E-state index in [0.29, 0.717) is 0 Å². The van der Waals surface area contributed by atoms with Gasteiger partial charge in [0, 0.05) is 16.0 Å². The fourth-order valence-corrected chi connectivity index (χ4v) is 3.37. The lowest BCUT2D eigenvalue weighted by Gasteiger charge is -2.13. The molecule has 1 N–H and O–H groups in total. The quantitative estimate of drug-likeness (QED) is 0.842. The molecule has 0 fully saturated rings. The van der Waals surface area contributed by atoms with E-state index in [2.05, 4.69) is 28.1 Å². The number of aliphatic hydroxyl groups is 1. The van der Waals surface area contributed by atoms with Crippen LogP contribution in [-0.2, 0) is 12.8 Å². The van der Waals surface area contributed by atoms with Crippen LogP contribution in [0.25, 0.3) is 0 Å². The third-order valence-corrected chi connectivity index (χ3v) is 4.60. The summed E-state index contributed by atoms with van der Waals surface area (Å²) < 4.78 is 1.89. The maximum Gasteiger partial charge on any atom is 0.0931 e. The Bertz CT molecular complexity index is 495. The number of halogens is 2. The smallest absolute Gasteiger partial charge is 0.0931 e. The van der Waals surface area contributed by atoms with Crippen LogP contribution < -0.4 is 0 Å². The first-order chi connectivity index (χ1) is 8.67. The van der Waals surface area contributed by atoms with Crippen molar-refractivity contribution in [2.24, 2.45) is 5.92 Å². The third-order valence-electron chi connectivity index (χ3n) is 2.81. The van der Waals surface area contributed by atoms with Gasteiger partial charge in [0.15, 0.2) is 0 Å². The van der Waals surface area contributed by atoms with E-state index in [1.807, 2.05) is 24.3 Å². The first kappa shape index (κ1) is 14.1. The van der Waals surface area contributed by atoms with Gasteiger partial charge in [-0.2, -0.15) is 0 Å². The average Bonchev–Trinajstić information content (AvgIpc) is 2.77. The van der Waals surface area contributed by atoms with Crippen LogP contribution >= 0.6 is 38.9 Å². The summed E-state index contributed by atoms with van der Waals surface area (Å²) >= 11 is 10.9. The fraction of sp³-hybridized carbons (Fsp3) is 0.286. The summed E-state index contributed by atoms with van der Waals surface area (Å²) in [4.78, 5) is 1.23. The van der Waals surface area contributed by atoms with Gasteiger partial charge >= 0.3 is 0 Å². The molecule has 0 bridgehead atoms. The minimum Gasteiger partial charge on any atom is -0.396 e. The zero-order chi connectivity index (χ0) is 13.0. The van der Waals surface area contributed by atoms with E-state index < -0.39 is 0 Å². The summed E-state index contributed by atoms with van der Waals surface area (Å²) in [5, 5.41) is 9.47. The molecule has 0 spiro atoms. The molecule has 0 saturated carbocycles. The molecule has 18 heavy (non-hydrogen) atoms. The van der Waals surface area contributed by atoms with Gasteiger partial charge in [0.2, 0.25) is 0 Å². The number of aliphatic hydroxyl groups excluding tert-OH is 1. The van der Waals surface area contributed by atoms with E-state index in [-0.39, 0.29) is 12.5 Å². The molecule has 1 aromatic carbocycles. The molecular formula is C14H14BrClOS. The van der Waals surface area contributed by atoms with Crippen molar-refractivity contribution >= 4 is 38.9 Å². The minimum absolute atomic E-state index is 0.200. The molecule has 0 aliphatic heterocycles. The van der Waals surface area contributed by atoms with Gasteiger partial charge < -0.3 is 5.11 Å². The standard InChI is InChI=1S/C14H14BrClOS/c15-12-3-1-10(2-4-12)7-11(9-17)8-13-5-6-14(16)18-13/h1-6,11,17H,7-9H2. The van der Waals surface area contributed by atoms with Crippen LogP contribution in [0.15, 0.2) is 40.9 Å². The number of hydrogen-bond acceptors (Lipinski definition) is 2. The van der Waals surface area contributed by atoms with Gasteiger partial charge in [0.1, 0.15) is 0 Å². The van der Waals surface area contributed by atoms with Crippen LogP contribution in [0.2, 0.25) is 4.34 Å². The molecule has 0 radical (unpaired) electrons. The minimum atomic E-state index is 0.200. The molecule has 1 nitrogen and oxygen atoms in total. The van der Waals surface area contributed by atoms with Gasteiger partial charge in [0.05, 0.1) is 4.34 Å². The Morgan fingerprint density at radius 2 is 1.83 bits per heavy atom. The lowest BCUT2D eigenvalue weighted by atomic mass is 9.96. The molecule has 1 heterocycles. The highest BCUT2D eigenvalue weighted by molar-refractivity contribution is 9.10. The Morgan fingerprint density at radius 3 is 2.39 bits per heavy atom. The van der Waals surface area contributed by atoms with Crippen LogP contribution in [0.5, 0.6) is 0 Å². The summed E-state index contributed by atoms with van der Waals surface area (Å²) in [5.41, 5.74) is 1.25. The zero-order valence-corrected chi connectivity index (χ0v) is 12.9. The summed E-state index contributed by atoms with van der Waals surface area (Å²) in [7, 11) is 0. The van der Waals surface area contributed by atoms with Crippen LogP contribution in [0.4, 0.5) is 0 Å².